The summed E-state index contributed by atoms with van der Waals surface area (Å²) in [6.45, 7) is 3.52. The fourth-order valence-electron chi connectivity index (χ4n) is 4.69. The molecule has 3 aromatic rings. The molecule has 1 N–H and O–H groups in total. The van der Waals surface area contributed by atoms with Crippen LogP contribution in [0.1, 0.15) is 35.8 Å². The molecule has 0 bridgehead atoms. The molecule has 0 saturated carbocycles. The number of nitrogens with zero attached hydrogens (tertiary/aromatic N) is 3. The smallest absolute Gasteiger partial charge is 0.274 e. The molecule has 1 aromatic heterocycles. The predicted molar refractivity (Wildman–Crippen MR) is 125 cm³/mol. The maximum absolute atomic E-state index is 13.4. The molecule has 2 heterocycles. The first-order chi connectivity index (χ1) is 15.5. The minimum Gasteiger partial charge on any atom is -0.356 e. The molecule has 1 aliphatic heterocycles. The largest absolute Gasteiger partial charge is 0.356 e. The van der Waals surface area contributed by atoms with Crippen LogP contribution in [0.2, 0.25) is 0 Å². The first-order valence-electron chi connectivity index (χ1n) is 11.2. The van der Waals surface area contributed by atoms with Gasteiger partial charge < -0.3 is 10.2 Å². The van der Waals surface area contributed by atoms with E-state index in [1.807, 2.05) is 37.3 Å². The summed E-state index contributed by atoms with van der Waals surface area (Å²) in [6, 6.07) is 20.2. The standard InChI is InChI=1S/C26H30N4O2/c1-3-27-25(32)26(15-9-16-30(19-26)24(31)23-14-17-29(2)28-23)18-21-12-7-8-13-22(21)20-10-5-4-6-11-20/h4-8,10-14,17H,3,9,15-16,18-19H2,1-2H3,(H,27,32)/t26-/m1/s1. The van der Waals surface area contributed by atoms with Crippen molar-refractivity contribution in [3.8, 4) is 11.1 Å². The lowest BCUT2D eigenvalue weighted by Crippen LogP contribution is -2.54. The van der Waals surface area contributed by atoms with E-state index >= 15 is 0 Å². The van der Waals surface area contributed by atoms with Crippen LogP contribution in [0.4, 0.5) is 0 Å². The zero-order valence-electron chi connectivity index (χ0n) is 18.8. The van der Waals surface area contributed by atoms with Gasteiger partial charge in [-0.15, -0.1) is 0 Å². The second kappa shape index (κ2) is 9.39. The van der Waals surface area contributed by atoms with E-state index in [4.69, 9.17) is 0 Å². The molecule has 0 radical (unpaired) electrons. The third-order valence-electron chi connectivity index (χ3n) is 6.25. The Labute approximate surface area is 189 Å². The lowest BCUT2D eigenvalue weighted by Gasteiger charge is -2.42. The van der Waals surface area contributed by atoms with Crippen LogP contribution in [0.5, 0.6) is 0 Å². The summed E-state index contributed by atoms with van der Waals surface area (Å²) >= 11 is 0. The molecule has 166 valence electrons. The first-order valence-corrected chi connectivity index (χ1v) is 11.2. The maximum Gasteiger partial charge on any atom is 0.274 e. The SMILES string of the molecule is CCNC(=O)[C@@]1(Cc2ccccc2-c2ccccc2)CCCN(C(=O)c2ccn(C)n2)C1. The Kier molecular flexibility index (Phi) is 6.40. The molecule has 2 amide bonds. The van der Waals surface area contributed by atoms with Gasteiger partial charge in [-0.3, -0.25) is 14.3 Å². The van der Waals surface area contributed by atoms with E-state index in [2.05, 4.69) is 34.7 Å². The fraction of sp³-hybridized carbons (Fsp3) is 0.346. The highest BCUT2D eigenvalue weighted by Crippen LogP contribution is 2.37. The number of likely N-dealkylation sites (tertiary alicyclic amines) is 1. The van der Waals surface area contributed by atoms with Gasteiger partial charge in [0.15, 0.2) is 0 Å². The van der Waals surface area contributed by atoms with Crippen LogP contribution >= 0.6 is 0 Å². The number of benzene rings is 2. The Morgan fingerprint density at radius 1 is 1.06 bits per heavy atom. The van der Waals surface area contributed by atoms with Gasteiger partial charge in [0.2, 0.25) is 5.91 Å². The van der Waals surface area contributed by atoms with E-state index in [0.29, 0.717) is 31.7 Å². The van der Waals surface area contributed by atoms with Crippen LogP contribution < -0.4 is 5.32 Å². The van der Waals surface area contributed by atoms with Gasteiger partial charge >= 0.3 is 0 Å². The summed E-state index contributed by atoms with van der Waals surface area (Å²) in [5.74, 6) is -0.100. The van der Waals surface area contributed by atoms with Crippen molar-refractivity contribution in [1.82, 2.24) is 20.0 Å². The van der Waals surface area contributed by atoms with Crippen molar-refractivity contribution in [3.05, 3.63) is 78.1 Å². The number of piperidine rings is 1. The number of amides is 2. The fourth-order valence-corrected chi connectivity index (χ4v) is 4.69. The van der Waals surface area contributed by atoms with E-state index in [1.165, 1.54) is 0 Å². The van der Waals surface area contributed by atoms with Gasteiger partial charge in [-0.1, -0.05) is 54.6 Å². The summed E-state index contributed by atoms with van der Waals surface area (Å²) in [6.07, 6.45) is 3.87. The molecular weight excluding hydrogens is 400 g/mol. The number of carbonyl (C=O) groups excluding carboxylic acids is 2. The Balaban J connectivity index is 1.67. The van der Waals surface area contributed by atoms with Gasteiger partial charge in [0, 0.05) is 32.9 Å². The van der Waals surface area contributed by atoms with Gasteiger partial charge in [-0.2, -0.15) is 5.10 Å². The third-order valence-corrected chi connectivity index (χ3v) is 6.25. The number of hydrogen-bond acceptors (Lipinski definition) is 3. The van der Waals surface area contributed by atoms with Crippen molar-refractivity contribution in [2.24, 2.45) is 12.5 Å². The summed E-state index contributed by atoms with van der Waals surface area (Å²) in [5, 5.41) is 7.32. The topological polar surface area (TPSA) is 67.2 Å². The minimum absolute atomic E-state index is 0.0152. The molecule has 0 unspecified atom stereocenters. The van der Waals surface area contributed by atoms with E-state index in [1.54, 1.807) is 28.9 Å². The van der Waals surface area contributed by atoms with Gasteiger partial charge in [-0.05, 0) is 48.9 Å². The average molecular weight is 431 g/mol. The van der Waals surface area contributed by atoms with E-state index in [-0.39, 0.29) is 11.8 Å². The van der Waals surface area contributed by atoms with Crippen molar-refractivity contribution in [2.45, 2.75) is 26.2 Å². The summed E-state index contributed by atoms with van der Waals surface area (Å²) in [7, 11) is 1.80. The average Bonchev–Trinajstić information content (AvgIpc) is 3.26. The molecule has 6 nitrogen and oxygen atoms in total. The highest BCUT2D eigenvalue weighted by Gasteiger charge is 2.44. The van der Waals surface area contributed by atoms with Gasteiger partial charge in [0.05, 0.1) is 5.41 Å². The second-order valence-electron chi connectivity index (χ2n) is 8.54. The molecule has 1 saturated heterocycles. The molecule has 0 spiro atoms. The van der Waals surface area contributed by atoms with Gasteiger partial charge in [0.25, 0.3) is 5.91 Å². The van der Waals surface area contributed by atoms with Crippen LogP contribution in [0.25, 0.3) is 11.1 Å². The molecule has 0 aliphatic carbocycles. The Bertz CT molecular complexity index is 1090. The molecule has 2 aromatic carbocycles. The number of hydrogen-bond donors (Lipinski definition) is 1. The molecule has 1 fully saturated rings. The minimum atomic E-state index is -0.677. The molecular formula is C26H30N4O2. The monoisotopic (exact) mass is 430 g/mol. The molecule has 1 atom stereocenters. The highest BCUT2D eigenvalue weighted by atomic mass is 16.2. The number of rotatable bonds is 6. The molecule has 32 heavy (non-hydrogen) atoms. The molecule has 1 aliphatic rings. The van der Waals surface area contributed by atoms with Crippen molar-refractivity contribution < 1.29 is 9.59 Å². The van der Waals surface area contributed by atoms with E-state index in [9.17, 15) is 9.59 Å². The quantitative estimate of drug-likeness (QED) is 0.649. The van der Waals surface area contributed by atoms with Crippen LogP contribution in [0, 0.1) is 5.41 Å². The Morgan fingerprint density at radius 2 is 1.81 bits per heavy atom. The number of aromatic nitrogens is 2. The zero-order chi connectivity index (χ0) is 22.6. The third kappa shape index (κ3) is 4.44. The lowest BCUT2D eigenvalue weighted by molar-refractivity contribution is -0.133. The van der Waals surface area contributed by atoms with Crippen LogP contribution in [0.15, 0.2) is 66.9 Å². The number of carbonyl (C=O) groups is 2. The van der Waals surface area contributed by atoms with Crippen molar-refractivity contribution in [3.63, 3.8) is 0 Å². The maximum atomic E-state index is 13.4. The van der Waals surface area contributed by atoms with Crippen molar-refractivity contribution in [1.29, 1.82) is 0 Å². The zero-order valence-corrected chi connectivity index (χ0v) is 18.8. The van der Waals surface area contributed by atoms with Crippen LogP contribution in [-0.2, 0) is 18.3 Å². The lowest BCUT2D eigenvalue weighted by atomic mass is 9.73. The molecule has 4 rings (SSSR count). The summed E-state index contributed by atoms with van der Waals surface area (Å²) in [4.78, 5) is 28.4. The Hall–Kier alpha value is -3.41. The number of aryl methyl sites for hydroxylation is 1. The summed E-state index contributed by atoms with van der Waals surface area (Å²) < 4.78 is 1.63. The van der Waals surface area contributed by atoms with Crippen LogP contribution in [0.3, 0.4) is 0 Å². The van der Waals surface area contributed by atoms with E-state index in [0.717, 1.165) is 29.5 Å². The Morgan fingerprint density at radius 3 is 2.53 bits per heavy atom. The second-order valence-corrected chi connectivity index (χ2v) is 8.54. The van der Waals surface area contributed by atoms with Crippen molar-refractivity contribution >= 4 is 11.8 Å². The van der Waals surface area contributed by atoms with Gasteiger partial charge in [-0.25, -0.2) is 0 Å². The molecule has 6 heteroatoms. The normalized spacial score (nSPS) is 18.4. The van der Waals surface area contributed by atoms with Crippen LogP contribution in [-0.4, -0.2) is 46.1 Å². The predicted octanol–water partition coefficient (Wildman–Crippen LogP) is 3.69. The first kappa shape index (κ1) is 21.8. The van der Waals surface area contributed by atoms with Crippen molar-refractivity contribution in [2.75, 3.05) is 19.6 Å². The summed E-state index contributed by atoms with van der Waals surface area (Å²) in [5.41, 5.74) is 3.13. The number of nitrogens with one attached hydrogen (secondary N) is 1. The highest BCUT2D eigenvalue weighted by molar-refractivity contribution is 5.93. The van der Waals surface area contributed by atoms with Gasteiger partial charge in [0.1, 0.15) is 5.69 Å². The van der Waals surface area contributed by atoms with E-state index < -0.39 is 5.41 Å².